The van der Waals surface area contributed by atoms with Crippen LogP contribution >= 0.6 is 0 Å². The second-order valence-electron chi connectivity index (χ2n) is 4.86. The van der Waals surface area contributed by atoms with Crippen LogP contribution in [-0.4, -0.2) is 24.4 Å². The molecule has 2 rings (SSSR count). The number of alkyl halides is 2. The molecular formula is C16H15F2N3O4. The smallest absolute Gasteiger partial charge is 0.387 e. The molecule has 1 N–H and O–H groups in total. The molecule has 132 valence electrons. The van der Waals surface area contributed by atoms with Crippen molar-refractivity contribution >= 4 is 17.1 Å². The molecule has 25 heavy (non-hydrogen) atoms. The summed E-state index contributed by atoms with van der Waals surface area (Å²) in [4.78, 5) is 10.2. The van der Waals surface area contributed by atoms with Crippen LogP contribution in [0.4, 0.5) is 20.2 Å². The molecule has 0 heterocycles. The van der Waals surface area contributed by atoms with Crippen LogP contribution in [0.5, 0.6) is 11.5 Å². The maximum Gasteiger partial charge on any atom is 0.387 e. The van der Waals surface area contributed by atoms with Gasteiger partial charge in [-0.1, -0.05) is 6.07 Å². The van der Waals surface area contributed by atoms with Crippen molar-refractivity contribution in [2.75, 3.05) is 12.5 Å². The van der Waals surface area contributed by atoms with Gasteiger partial charge in [0.25, 0.3) is 5.69 Å². The minimum Gasteiger partial charge on any atom is -0.493 e. The quantitative estimate of drug-likeness (QED) is 0.462. The molecule has 9 heteroatoms. The average molecular weight is 351 g/mol. The zero-order valence-corrected chi connectivity index (χ0v) is 13.4. The van der Waals surface area contributed by atoms with Crippen molar-refractivity contribution < 1.29 is 23.2 Å². The van der Waals surface area contributed by atoms with Crippen LogP contribution in [0, 0.1) is 10.1 Å². The summed E-state index contributed by atoms with van der Waals surface area (Å²) in [6.45, 7) is -1.27. The lowest BCUT2D eigenvalue weighted by molar-refractivity contribution is -0.384. The number of methoxy groups -OCH3 is 1. The minimum absolute atomic E-state index is 0.0620. The molecule has 0 fully saturated rings. The molecule has 0 saturated carbocycles. The summed E-state index contributed by atoms with van der Waals surface area (Å²) in [6, 6.07) is 10.3. The summed E-state index contributed by atoms with van der Waals surface area (Å²) in [5, 5.41) is 14.9. The fraction of sp³-hybridized carbons (Fsp3) is 0.188. The lowest BCUT2D eigenvalue weighted by Crippen LogP contribution is -2.05. The van der Waals surface area contributed by atoms with Gasteiger partial charge >= 0.3 is 6.61 Å². The zero-order valence-electron chi connectivity index (χ0n) is 13.4. The second-order valence-corrected chi connectivity index (χ2v) is 4.86. The number of nitro benzene ring substituents is 1. The maximum atomic E-state index is 12.3. The molecule has 0 spiro atoms. The van der Waals surface area contributed by atoms with Crippen LogP contribution in [0.3, 0.4) is 0 Å². The Balaban J connectivity index is 2.19. The van der Waals surface area contributed by atoms with Crippen molar-refractivity contribution in [2.45, 2.75) is 13.5 Å². The van der Waals surface area contributed by atoms with E-state index >= 15 is 0 Å². The Morgan fingerprint density at radius 2 is 2.00 bits per heavy atom. The summed E-state index contributed by atoms with van der Waals surface area (Å²) in [7, 11) is 1.34. The van der Waals surface area contributed by atoms with Gasteiger partial charge in [0, 0.05) is 17.7 Å². The number of benzene rings is 2. The van der Waals surface area contributed by atoms with Crippen molar-refractivity contribution in [1.82, 2.24) is 0 Å². The van der Waals surface area contributed by atoms with Gasteiger partial charge in [0.2, 0.25) is 0 Å². The number of non-ortho nitro benzene ring substituents is 1. The molecular weight excluding hydrogens is 336 g/mol. The summed E-state index contributed by atoms with van der Waals surface area (Å²) in [6.07, 6.45) is 0. The van der Waals surface area contributed by atoms with Gasteiger partial charge in [-0.15, -0.1) is 0 Å². The average Bonchev–Trinajstić information content (AvgIpc) is 2.59. The van der Waals surface area contributed by atoms with Crippen LogP contribution in [0.25, 0.3) is 0 Å². The molecule has 0 aliphatic carbocycles. The minimum atomic E-state index is -2.95. The lowest BCUT2D eigenvalue weighted by atomic mass is 10.1. The van der Waals surface area contributed by atoms with Crippen LogP contribution < -0.4 is 14.9 Å². The number of nitrogens with one attached hydrogen (secondary N) is 1. The molecule has 2 aromatic rings. The third kappa shape index (κ3) is 4.87. The lowest BCUT2D eigenvalue weighted by Gasteiger charge is -2.11. The predicted molar refractivity (Wildman–Crippen MR) is 88.6 cm³/mol. The number of anilines is 1. The Hall–Kier alpha value is -3.23. The largest absolute Gasteiger partial charge is 0.493 e. The Morgan fingerprint density at radius 1 is 1.24 bits per heavy atom. The fourth-order valence-electron chi connectivity index (χ4n) is 1.99. The van der Waals surface area contributed by atoms with E-state index in [9.17, 15) is 18.9 Å². The summed E-state index contributed by atoms with van der Waals surface area (Å²) >= 11 is 0. The Bertz CT molecular complexity index is 797. The molecule has 0 radical (unpaired) electrons. The molecule has 0 unspecified atom stereocenters. The van der Waals surface area contributed by atoms with E-state index in [1.807, 2.05) is 0 Å². The molecule has 7 nitrogen and oxygen atoms in total. The topological polar surface area (TPSA) is 86.0 Å². The third-order valence-electron chi connectivity index (χ3n) is 3.21. The number of halogens is 2. The first-order valence-electron chi connectivity index (χ1n) is 7.08. The summed E-state index contributed by atoms with van der Waals surface area (Å²) in [5.74, 6) is 0.0587. The van der Waals surface area contributed by atoms with Gasteiger partial charge in [0.1, 0.15) is 0 Å². The predicted octanol–water partition coefficient (Wildman–Crippen LogP) is 4.04. The van der Waals surface area contributed by atoms with Gasteiger partial charge in [-0.2, -0.15) is 13.9 Å². The normalized spacial score (nSPS) is 11.3. The highest BCUT2D eigenvalue weighted by Gasteiger charge is 2.12. The van der Waals surface area contributed by atoms with Crippen molar-refractivity contribution in [3.63, 3.8) is 0 Å². The fourth-order valence-corrected chi connectivity index (χ4v) is 1.99. The highest BCUT2D eigenvalue weighted by molar-refractivity contribution is 5.99. The van der Waals surface area contributed by atoms with Crippen molar-refractivity contribution in [3.8, 4) is 11.5 Å². The summed E-state index contributed by atoms with van der Waals surface area (Å²) < 4.78 is 34.1. The number of nitrogens with zero attached hydrogens (tertiary/aromatic N) is 2. The first kappa shape index (κ1) is 18.1. The first-order chi connectivity index (χ1) is 11.9. The van der Waals surface area contributed by atoms with Gasteiger partial charge < -0.3 is 9.47 Å². The van der Waals surface area contributed by atoms with E-state index in [0.717, 1.165) is 0 Å². The molecule has 0 aromatic heterocycles. The number of hydrogen-bond acceptors (Lipinski definition) is 6. The van der Waals surface area contributed by atoms with E-state index in [2.05, 4.69) is 15.3 Å². The van der Waals surface area contributed by atoms with Crippen molar-refractivity contribution in [3.05, 3.63) is 58.1 Å². The van der Waals surface area contributed by atoms with Gasteiger partial charge in [-0.05, 0) is 31.2 Å². The van der Waals surface area contributed by atoms with Crippen molar-refractivity contribution in [2.24, 2.45) is 5.10 Å². The van der Waals surface area contributed by atoms with E-state index in [4.69, 9.17) is 4.74 Å². The van der Waals surface area contributed by atoms with Crippen LogP contribution in [-0.2, 0) is 0 Å². The Morgan fingerprint density at radius 3 is 2.64 bits per heavy atom. The number of ether oxygens (including phenoxy) is 2. The zero-order chi connectivity index (χ0) is 18.4. The molecule has 0 saturated heterocycles. The van der Waals surface area contributed by atoms with Gasteiger partial charge in [-0.25, -0.2) is 0 Å². The Labute approximate surface area is 142 Å². The third-order valence-corrected chi connectivity index (χ3v) is 3.21. The van der Waals surface area contributed by atoms with Gasteiger partial charge in [-0.3, -0.25) is 15.5 Å². The van der Waals surface area contributed by atoms with E-state index in [-0.39, 0.29) is 17.2 Å². The van der Waals surface area contributed by atoms with Crippen molar-refractivity contribution in [1.29, 1.82) is 0 Å². The molecule has 0 bridgehead atoms. The standard InChI is InChI=1S/C16H15F2N3O4/c1-10(19-20-12-4-3-5-13(9-12)21(22)23)11-6-7-14(25-16(17)18)15(8-11)24-2/h3-9,16,20H,1-2H3/b19-10-. The molecule has 0 atom stereocenters. The van der Waals surface area contributed by atoms with Gasteiger partial charge in [0.15, 0.2) is 11.5 Å². The van der Waals surface area contributed by atoms with Crippen LogP contribution in [0.2, 0.25) is 0 Å². The number of rotatable bonds is 7. The monoisotopic (exact) mass is 351 g/mol. The van der Waals surface area contributed by atoms with E-state index in [1.54, 1.807) is 19.1 Å². The molecule has 0 aliphatic rings. The molecule has 2 aromatic carbocycles. The maximum absolute atomic E-state index is 12.3. The molecule has 0 amide bonds. The van der Waals surface area contributed by atoms with Crippen LogP contribution in [0.15, 0.2) is 47.6 Å². The van der Waals surface area contributed by atoms with Crippen LogP contribution in [0.1, 0.15) is 12.5 Å². The number of hydrazone groups is 1. The van der Waals surface area contributed by atoms with E-state index in [0.29, 0.717) is 17.0 Å². The first-order valence-corrected chi connectivity index (χ1v) is 7.08. The summed E-state index contributed by atoms with van der Waals surface area (Å²) in [5.41, 5.74) is 4.22. The van der Waals surface area contributed by atoms with E-state index < -0.39 is 11.5 Å². The highest BCUT2D eigenvalue weighted by Crippen LogP contribution is 2.29. The van der Waals surface area contributed by atoms with E-state index in [1.165, 1.54) is 37.4 Å². The SMILES string of the molecule is COc1cc(/C(C)=N\Nc2cccc([N+](=O)[O-])c2)ccc1OC(F)F. The number of nitro groups is 1. The number of hydrogen-bond donors (Lipinski definition) is 1. The highest BCUT2D eigenvalue weighted by atomic mass is 19.3. The molecule has 0 aliphatic heterocycles. The Kier molecular flexibility index (Phi) is 5.83. The second kappa shape index (κ2) is 8.04. The van der Waals surface area contributed by atoms with Gasteiger partial charge in [0.05, 0.1) is 23.4 Å².